The van der Waals surface area contributed by atoms with E-state index in [2.05, 4.69) is 17.2 Å². The second-order valence-electron chi connectivity index (χ2n) is 4.70. The molecule has 0 bridgehead atoms. The molecular formula is C13H22N2O2S. The van der Waals surface area contributed by atoms with Crippen LogP contribution in [0, 0.1) is 6.92 Å². The summed E-state index contributed by atoms with van der Waals surface area (Å²) < 4.78 is 23.4. The smallest absolute Gasteiger partial charge is 0.151 e. The Labute approximate surface area is 110 Å². The normalized spacial score (nSPS) is 15.3. The van der Waals surface area contributed by atoms with Crippen molar-refractivity contribution < 1.29 is 8.42 Å². The molecule has 2 atom stereocenters. The molecule has 1 aromatic heterocycles. The van der Waals surface area contributed by atoms with E-state index in [1.165, 1.54) is 6.26 Å². The maximum absolute atomic E-state index is 11.7. The van der Waals surface area contributed by atoms with Crippen LogP contribution in [0.2, 0.25) is 0 Å². The molecule has 0 radical (unpaired) electrons. The van der Waals surface area contributed by atoms with Crippen molar-refractivity contribution in [2.24, 2.45) is 0 Å². The number of rotatable bonds is 6. The second kappa shape index (κ2) is 6.29. The van der Waals surface area contributed by atoms with E-state index in [-0.39, 0.29) is 6.04 Å². The minimum absolute atomic E-state index is 0.201. The van der Waals surface area contributed by atoms with Crippen LogP contribution in [-0.4, -0.2) is 31.5 Å². The number of hydrogen-bond acceptors (Lipinski definition) is 4. The Hall–Kier alpha value is -0.940. The molecule has 0 aliphatic carbocycles. The number of nitrogens with one attached hydrogen (secondary N) is 1. The third-order valence-electron chi connectivity index (χ3n) is 3.05. The van der Waals surface area contributed by atoms with E-state index in [9.17, 15) is 8.42 Å². The fourth-order valence-electron chi connectivity index (χ4n) is 1.77. The molecular weight excluding hydrogens is 248 g/mol. The predicted octanol–water partition coefficient (Wildman–Crippen LogP) is 1.86. The summed E-state index contributed by atoms with van der Waals surface area (Å²) >= 11 is 0. The lowest BCUT2D eigenvalue weighted by molar-refractivity contribution is 0.499. The summed E-state index contributed by atoms with van der Waals surface area (Å²) in [5.74, 6) is 0. The van der Waals surface area contributed by atoms with Crippen LogP contribution >= 0.6 is 0 Å². The van der Waals surface area contributed by atoms with Gasteiger partial charge in [-0.25, -0.2) is 8.42 Å². The lowest BCUT2D eigenvalue weighted by Crippen LogP contribution is -2.35. The van der Waals surface area contributed by atoms with Crippen molar-refractivity contribution in [3.05, 3.63) is 29.6 Å². The molecule has 1 rings (SSSR count). The molecule has 1 heterocycles. The number of aryl methyl sites for hydroxylation is 1. The lowest BCUT2D eigenvalue weighted by Gasteiger charge is -2.24. The maximum atomic E-state index is 11.7. The van der Waals surface area contributed by atoms with Crippen LogP contribution in [0.5, 0.6) is 0 Å². The SMILES string of the molecule is CCCNC(c1ccc(C)nc1)C(C)S(C)(=O)=O. The molecule has 18 heavy (non-hydrogen) atoms. The van der Waals surface area contributed by atoms with Crippen molar-refractivity contribution in [1.29, 1.82) is 0 Å². The highest BCUT2D eigenvalue weighted by molar-refractivity contribution is 7.91. The molecule has 0 saturated carbocycles. The summed E-state index contributed by atoms with van der Waals surface area (Å²) in [4.78, 5) is 4.24. The molecule has 0 aliphatic rings. The first kappa shape index (κ1) is 15.1. The Balaban J connectivity index is 3.01. The van der Waals surface area contributed by atoms with Gasteiger partial charge in [0.15, 0.2) is 9.84 Å². The van der Waals surface area contributed by atoms with Crippen molar-refractivity contribution in [3.8, 4) is 0 Å². The highest BCUT2D eigenvalue weighted by Crippen LogP contribution is 2.21. The van der Waals surface area contributed by atoms with E-state index in [4.69, 9.17) is 0 Å². The molecule has 0 aromatic carbocycles. The van der Waals surface area contributed by atoms with Gasteiger partial charge in [0.05, 0.1) is 11.3 Å². The monoisotopic (exact) mass is 270 g/mol. The molecule has 0 fully saturated rings. The highest BCUT2D eigenvalue weighted by atomic mass is 32.2. The number of pyridine rings is 1. The number of sulfone groups is 1. The summed E-state index contributed by atoms with van der Waals surface area (Å²) in [5.41, 5.74) is 1.85. The van der Waals surface area contributed by atoms with Crippen LogP contribution in [-0.2, 0) is 9.84 Å². The highest BCUT2D eigenvalue weighted by Gasteiger charge is 2.26. The molecule has 4 nitrogen and oxygen atoms in total. The van der Waals surface area contributed by atoms with Gasteiger partial charge in [0.2, 0.25) is 0 Å². The zero-order valence-corrected chi connectivity index (χ0v) is 12.3. The Morgan fingerprint density at radius 3 is 2.50 bits per heavy atom. The lowest BCUT2D eigenvalue weighted by atomic mass is 10.1. The summed E-state index contributed by atoms with van der Waals surface area (Å²) in [7, 11) is -3.08. The van der Waals surface area contributed by atoms with Crippen molar-refractivity contribution in [3.63, 3.8) is 0 Å². The molecule has 0 amide bonds. The second-order valence-corrected chi connectivity index (χ2v) is 7.10. The first-order valence-corrected chi connectivity index (χ1v) is 8.16. The zero-order chi connectivity index (χ0) is 13.8. The quantitative estimate of drug-likeness (QED) is 0.857. The number of nitrogens with zero attached hydrogens (tertiary/aromatic N) is 1. The average molecular weight is 270 g/mol. The Bertz CT molecular complexity index is 468. The largest absolute Gasteiger partial charge is 0.309 e. The van der Waals surface area contributed by atoms with E-state index in [0.717, 1.165) is 24.2 Å². The van der Waals surface area contributed by atoms with Crippen LogP contribution in [0.3, 0.4) is 0 Å². The van der Waals surface area contributed by atoms with Gasteiger partial charge in [0, 0.05) is 18.1 Å². The van der Waals surface area contributed by atoms with Crippen molar-refractivity contribution >= 4 is 9.84 Å². The van der Waals surface area contributed by atoms with Gasteiger partial charge in [-0.05, 0) is 38.4 Å². The molecule has 5 heteroatoms. The van der Waals surface area contributed by atoms with Crippen molar-refractivity contribution in [2.75, 3.05) is 12.8 Å². The Morgan fingerprint density at radius 1 is 1.39 bits per heavy atom. The number of hydrogen-bond donors (Lipinski definition) is 1. The minimum atomic E-state index is -3.08. The minimum Gasteiger partial charge on any atom is -0.309 e. The average Bonchev–Trinajstić information content (AvgIpc) is 2.30. The summed E-state index contributed by atoms with van der Waals surface area (Å²) in [6, 6.07) is 3.65. The van der Waals surface area contributed by atoms with E-state index in [1.807, 2.05) is 19.1 Å². The van der Waals surface area contributed by atoms with Gasteiger partial charge in [-0.3, -0.25) is 4.98 Å². The summed E-state index contributed by atoms with van der Waals surface area (Å²) in [6.45, 7) is 6.50. The van der Waals surface area contributed by atoms with E-state index >= 15 is 0 Å². The summed E-state index contributed by atoms with van der Waals surface area (Å²) in [6.07, 6.45) is 4.00. The van der Waals surface area contributed by atoms with Gasteiger partial charge >= 0.3 is 0 Å². The topological polar surface area (TPSA) is 59.1 Å². The van der Waals surface area contributed by atoms with E-state index in [1.54, 1.807) is 13.1 Å². The molecule has 0 spiro atoms. The molecule has 0 saturated heterocycles. The van der Waals surface area contributed by atoms with E-state index in [0.29, 0.717) is 0 Å². The zero-order valence-electron chi connectivity index (χ0n) is 11.5. The third kappa shape index (κ3) is 4.07. The van der Waals surface area contributed by atoms with Crippen molar-refractivity contribution in [2.45, 2.75) is 38.5 Å². The van der Waals surface area contributed by atoms with Gasteiger partial charge in [0.25, 0.3) is 0 Å². The maximum Gasteiger partial charge on any atom is 0.151 e. The van der Waals surface area contributed by atoms with Crippen LogP contribution < -0.4 is 5.32 Å². The van der Waals surface area contributed by atoms with E-state index < -0.39 is 15.1 Å². The van der Waals surface area contributed by atoms with Gasteiger partial charge in [-0.15, -0.1) is 0 Å². The molecule has 102 valence electrons. The first-order valence-electron chi connectivity index (χ1n) is 6.21. The number of aromatic nitrogens is 1. The molecule has 1 N–H and O–H groups in total. The van der Waals surface area contributed by atoms with Crippen LogP contribution in [0.4, 0.5) is 0 Å². The first-order chi connectivity index (χ1) is 8.36. The predicted molar refractivity (Wildman–Crippen MR) is 74.3 cm³/mol. The Kier molecular flexibility index (Phi) is 5.28. The van der Waals surface area contributed by atoms with Crippen LogP contribution in [0.25, 0.3) is 0 Å². The van der Waals surface area contributed by atoms with Crippen LogP contribution in [0.1, 0.15) is 37.6 Å². The van der Waals surface area contributed by atoms with Crippen LogP contribution in [0.15, 0.2) is 18.3 Å². The van der Waals surface area contributed by atoms with Crippen molar-refractivity contribution in [1.82, 2.24) is 10.3 Å². The van der Waals surface area contributed by atoms with Gasteiger partial charge in [-0.1, -0.05) is 13.0 Å². The standard InChI is InChI=1S/C13H22N2O2S/c1-5-8-14-13(11(3)18(4,16)17)12-7-6-10(2)15-9-12/h6-7,9,11,13-14H,5,8H2,1-4H3. The molecule has 0 aliphatic heterocycles. The fraction of sp³-hybridized carbons (Fsp3) is 0.615. The summed E-state index contributed by atoms with van der Waals surface area (Å²) in [5, 5.41) is 2.83. The third-order valence-corrected chi connectivity index (χ3v) is 4.68. The molecule has 2 unspecified atom stereocenters. The molecule has 1 aromatic rings. The van der Waals surface area contributed by atoms with Gasteiger partial charge in [0.1, 0.15) is 0 Å². The van der Waals surface area contributed by atoms with Gasteiger partial charge in [-0.2, -0.15) is 0 Å². The Morgan fingerprint density at radius 2 is 2.06 bits per heavy atom. The van der Waals surface area contributed by atoms with Gasteiger partial charge < -0.3 is 5.32 Å². The fourth-order valence-corrected chi connectivity index (χ4v) is 2.51.